The van der Waals surface area contributed by atoms with Crippen LogP contribution in [-0.4, -0.2) is 12.1 Å². The third-order valence-electron chi connectivity index (χ3n) is 2.59. The topological polar surface area (TPSA) is 25.2 Å². The summed E-state index contributed by atoms with van der Waals surface area (Å²) in [7, 11) is 0. The van der Waals surface area contributed by atoms with Crippen molar-refractivity contribution in [3.05, 3.63) is 24.2 Å². The van der Waals surface area contributed by atoms with Gasteiger partial charge in [0.1, 0.15) is 5.76 Å². The highest BCUT2D eigenvalue weighted by Gasteiger charge is 2.09. The summed E-state index contributed by atoms with van der Waals surface area (Å²) >= 11 is 0. The Morgan fingerprint density at radius 1 is 1.36 bits per heavy atom. The zero-order chi connectivity index (χ0) is 10.4. The molecule has 0 radical (unpaired) electrons. The van der Waals surface area contributed by atoms with Crippen LogP contribution in [0.4, 0.5) is 0 Å². The van der Waals surface area contributed by atoms with Crippen molar-refractivity contribution in [1.29, 1.82) is 0 Å². The first-order chi connectivity index (χ1) is 6.76. The lowest BCUT2D eigenvalue weighted by molar-refractivity contribution is 0.397. The highest BCUT2D eigenvalue weighted by molar-refractivity contribution is 5.00. The van der Waals surface area contributed by atoms with Gasteiger partial charge < -0.3 is 9.73 Å². The molecule has 1 aromatic heterocycles. The largest absolute Gasteiger partial charge is 0.469 e. The maximum atomic E-state index is 5.31. The smallest absolute Gasteiger partial charge is 0.105 e. The zero-order valence-corrected chi connectivity index (χ0v) is 9.42. The van der Waals surface area contributed by atoms with Gasteiger partial charge in [0.15, 0.2) is 0 Å². The van der Waals surface area contributed by atoms with Gasteiger partial charge >= 0.3 is 0 Å². The second kappa shape index (κ2) is 5.86. The van der Waals surface area contributed by atoms with E-state index in [-0.39, 0.29) is 0 Å². The van der Waals surface area contributed by atoms with Crippen LogP contribution in [0.3, 0.4) is 0 Å². The van der Waals surface area contributed by atoms with Crippen molar-refractivity contribution in [3.63, 3.8) is 0 Å². The average molecular weight is 195 g/mol. The van der Waals surface area contributed by atoms with Crippen LogP contribution in [0.1, 0.15) is 39.4 Å². The predicted octanol–water partition coefficient (Wildman–Crippen LogP) is 2.99. The maximum absolute atomic E-state index is 5.31. The third-order valence-corrected chi connectivity index (χ3v) is 2.59. The molecule has 2 heteroatoms. The molecular formula is C12H21NO. The lowest BCUT2D eigenvalue weighted by Gasteiger charge is -2.20. The molecule has 0 spiro atoms. The first-order valence-corrected chi connectivity index (χ1v) is 5.54. The molecule has 1 aromatic rings. The van der Waals surface area contributed by atoms with E-state index in [0.29, 0.717) is 12.1 Å². The van der Waals surface area contributed by atoms with E-state index in [2.05, 4.69) is 26.1 Å². The van der Waals surface area contributed by atoms with Gasteiger partial charge in [-0.15, -0.1) is 0 Å². The van der Waals surface area contributed by atoms with Crippen molar-refractivity contribution in [3.8, 4) is 0 Å². The maximum Gasteiger partial charge on any atom is 0.105 e. The molecular weight excluding hydrogens is 174 g/mol. The molecule has 0 saturated heterocycles. The van der Waals surface area contributed by atoms with Crippen molar-refractivity contribution in [2.75, 3.05) is 0 Å². The van der Waals surface area contributed by atoms with Gasteiger partial charge in [-0.1, -0.05) is 13.8 Å². The van der Waals surface area contributed by atoms with Crippen LogP contribution >= 0.6 is 0 Å². The van der Waals surface area contributed by atoms with E-state index < -0.39 is 0 Å². The Morgan fingerprint density at radius 3 is 2.57 bits per heavy atom. The number of hydrogen-bond donors (Lipinski definition) is 1. The van der Waals surface area contributed by atoms with Gasteiger partial charge in [0.05, 0.1) is 6.26 Å². The van der Waals surface area contributed by atoms with Gasteiger partial charge in [0.2, 0.25) is 0 Å². The molecule has 0 saturated carbocycles. The SMILES string of the molecule is CCC(CC)NC(C)Cc1ccco1. The third kappa shape index (κ3) is 3.54. The number of hydrogen-bond acceptors (Lipinski definition) is 2. The molecule has 0 aromatic carbocycles. The molecule has 0 amide bonds. The van der Waals surface area contributed by atoms with Crippen molar-refractivity contribution >= 4 is 0 Å². The summed E-state index contributed by atoms with van der Waals surface area (Å²) in [5.41, 5.74) is 0. The van der Waals surface area contributed by atoms with Crippen molar-refractivity contribution in [1.82, 2.24) is 5.32 Å². The number of furan rings is 1. The second-order valence-electron chi connectivity index (χ2n) is 3.86. The summed E-state index contributed by atoms with van der Waals surface area (Å²) in [4.78, 5) is 0. The summed E-state index contributed by atoms with van der Waals surface area (Å²) in [6.45, 7) is 6.66. The van der Waals surface area contributed by atoms with E-state index >= 15 is 0 Å². The molecule has 0 fully saturated rings. The molecule has 0 aliphatic carbocycles. The minimum atomic E-state index is 0.492. The normalized spacial score (nSPS) is 13.4. The molecule has 0 bridgehead atoms. The average Bonchev–Trinajstić information content (AvgIpc) is 2.66. The summed E-state index contributed by atoms with van der Waals surface area (Å²) in [6, 6.07) is 5.11. The predicted molar refractivity (Wildman–Crippen MR) is 59.4 cm³/mol. The van der Waals surface area contributed by atoms with Crippen LogP contribution in [-0.2, 0) is 6.42 Å². The monoisotopic (exact) mass is 195 g/mol. The first-order valence-electron chi connectivity index (χ1n) is 5.54. The Morgan fingerprint density at radius 2 is 2.07 bits per heavy atom. The van der Waals surface area contributed by atoms with Gasteiger partial charge in [0.25, 0.3) is 0 Å². The lowest BCUT2D eigenvalue weighted by atomic mass is 10.1. The fourth-order valence-corrected chi connectivity index (χ4v) is 1.72. The molecule has 2 nitrogen and oxygen atoms in total. The van der Waals surface area contributed by atoms with Gasteiger partial charge in [-0.3, -0.25) is 0 Å². The molecule has 14 heavy (non-hydrogen) atoms. The van der Waals surface area contributed by atoms with Crippen LogP contribution in [0.25, 0.3) is 0 Å². The molecule has 1 atom stereocenters. The van der Waals surface area contributed by atoms with E-state index in [9.17, 15) is 0 Å². The van der Waals surface area contributed by atoms with Crippen LogP contribution in [0, 0.1) is 0 Å². The molecule has 80 valence electrons. The summed E-state index contributed by atoms with van der Waals surface area (Å²) in [5, 5.41) is 3.59. The van der Waals surface area contributed by atoms with E-state index in [0.717, 1.165) is 12.2 Å². The molecule has 0 aliphatic rings. The Kier molecular flexibility index (Phi) is 4.74. The minimum Gasteiger partial charge on any atom is -0.469 e. The second-order valence-corrected chi connectivity index (χ2v) is 3.86. The van der Waals surface area contributed by atoms with Crippen LogP contribution in [0.2, 0.25) is 0 Å². The summed E-state index contributed by atoms with van der Waals surface area (Å²) in [6.07, 6.45) is 5.10. The Bertz CT molecular complexity index is 226. The molecule has 1 rings (SSSR count). The lowest BCUT2D eigenvalue weighted by Crippen LogP contribution is -2.36. The first kappa shape index (κ1) is 11.3. The van der Waals surface area contributed by atoms with Crippen molar-refractivity contribution in [2.45, 2.75) is 52.1 Å². The van der Waals surface area contributed by atoms with E-state index in [1.54, 1.807) is 6.26 Å². The molecule has 1 N–H and O–H groups in total. The Balaban J connectivity index is 2.31. The van der Waals surface area contributed by atoms with Gasteiger partial charge in [-0.05, 0) is 31.9 Å². The minimum absolute atomic E-state index is 0.492. The standard InChI is InChI=1S/C12H21NO/c1-4-11(5-2)13-10(3)9-12-7-6-8-14-12/h6-8,10-11,13H,4-5,9H2,1-3H3. The van der Waals surface area contributed by atoms with E-state index in [4.69, 9.17) is 4.42 Å². The van der Waals surface area contributed by atoms with E-state index in [1.807, 2.05) is 12.1 Å². The highest BCUT2D eigenvalue weighted by atomic mass is 16.3. The number of nitrogens with one attached hydrogen (secondary N) is 1. The zero-order valence-electron chi connectivity index (χ0n) is 9.42. The van der Waals surface area contributed by atoms with Gasteiger partial charge in [-0.2, -0.15) is 0 Å². The Labute approximate surface area is 86.7 Å². The molecule has 0 aliphatic heterocycles. The fourth-order valence-electron chi connectivity index (χ4n) is 1.72. The van der Waals surface area contributed by atoms with Crippen LogP contribution in [0.5, 0.6) is 0 Å². The van der Waals surface area contributed by atoms with Crippen molar-refractivity contribution in [2.24, 2.45) is 0 Å². The van der Waals surface area contributed by atoms with Gasteiger partial charge in [0, 0.05) is 18.5 Å². The van der Waals surface area contributed by atoms with E-state index in [1.165, 1.54) is 12.8 Å². The number of rotatable bonds is 6. The molecule has 1 heterocycles. The van der Waals surface area contributed by atoms with Crippen LogP contribution < -0.4 is 5.32 Å². The summed E-state index contributed by atoms with van der Waals surface area (Å²) in [5.74, 6) is 1.07. The Hall–Kier alpha value is -0.760. The quantitative estimate of drug-likeness (QED) is 0.755. The van der Waals surface area contributed by atoms with Crippen molar-refractivity contribution < 1.29 is 4.42 Å². The molecule has 1 unspecified atom stereocenters. The van der Waals surface area contributed by atoms with Crippen LogP contribution in [0.15, 0.2) is 22.8 Å². The van der Waals surface area contributed by atoms with Gasteiger partial charge in [-0.25, -0.2) is 0 Å². The summed E-state index contributed by atoms with van der Waals surface area (Å²) < 4.78 is 5.31. The highest BCUT2D eigenvalue weighted by Crippen LogP contribution is 2.06. The fraction of sp³-hybridized carbons (Fsp3) is 0.667.